The Kier molecular flexibility index (Phi) is 2.26. The first-order chi connectivity index (χ1) is 6.22. The zero-order valence-corrected chi connectivity index (χ0v) is 7.94. The van der Waals surface area contributed by atoms with Crippen molar-refractivity contribution < 1.29 is 4.39 Å². The monoisotopic (exact) mass is 199 g/mol. The van der Waals surface area contributed by atoms with E-state index in [1.165, 1.54) is 6.07 Å². The summed E-state index contributed by atoms with van der Waals surface area (Å²) in [5.41, 5.74) is 7.40. The summed E-state index contributed by atoms with van der Waals surface area (Å²) in [6, 6.07) is 3.21. The van der Waals surface area contributed by atoms with E-state index in [4.69, 9.17) is 17.3 Å². The summed E-state index contributed by atoms with van der Waals surface area (Å²) in [7, 11) is 0. The van der Waals surface area contributed by atoms with Crippen LogP contribution in [0.4, 0.5) is 4.39 Å². The molecule has 1 aliphatic rings. The average Bonchev–Trinajstić information content (AvgIpc) is 2.47. The molecule has 0 saturated heterocycles. The van der Waals surface area contributed by atoms with Crippen LogP contribution in [0.5, 0.6) is 0 Å². The minimum absolute atomic E-state index is 0.182. The maximum Gasteiger partial charge on any atom is 0.128 e. The molecule has 1 nitrogen and oxygen atoms in total. The summed E-state index contributed by atoms with van der Waals surface area (Å²) in [5.74, 6) is 0.113. The van der Waals surface area contributed by atoms with Crippen LogP contribution in [0.25, 0.3) is 0 Å². The SMILES string of the molecule is NCC1CCc2c(F)cc(Cl)cc21. The lowest BCUT2D eigenvalue weighted by atomic mass is 10.0. The molecule has 3 heteroatoms. The first-order valence-corrected chi connectivity index (χ1v) is 4.78. The Morgan fingerprint density at radius 3 is 3.00 bits per heavy atom. The maximum absolute atomic E-state index is 13.3. The Balaban J connectivity index is 2.51. The fraction of sp³-hybridized carbons (Fsp3) is 0.400. The number of hydrogen-bond donors (Lipinski definition) is 1. The molecule has 1 aliphatic carbocycles. The fourth-order valence-corrected chi connectivity index (χ4v) is 2.18. The average molecular weight is 200 g/mol. The third-order valence-corrected chi connectivity index (χ3v) is 2.88. The molecule has 70 valence electrons. The summed E-state index contributed by atoms with van der Waals surface area (Å²) < 4.78 is 13.3. The van der Waals surface area contributed by atoms with Gasteiger partial charge in [-0.1, -0.05) is 11.6 Å². The van der Waals surface area contributed by atoms with Gasteiger partial charge in [0, 0.05) is 5.02 Å². The van der Waals surface area contributed by atoms with Gasteiger partial charge in [-0.3, -0.25) is 0 Å². The van der Waals surface area contributed by atoms with Gasteiger partial charge in [0.05, 0.1) is 0 Å². The van der Waals surface area contributed by atoms with Gasteiger partial charge in [-0.05, 0) is 48.6 Å². The van der Waals surface area contributed by atoms with E-state index in [0.29, 0.717) is 17.5 Å². The van der Waals surface area contributed by atoms with Gasteiger partial charge in [0.15, 0.2) is 0 Å². The standard InChI is InChI=1S/C10H11ClFN/c11-7-3-9-6(5-13)1-2-8(9)10(12)4-7/h3-4,6H,1-2,5,13H2. The molecule has 0 radical (unpaired) electrons. The third-order valence-electron chi connectivity index (χ3n) is 2.66. The zero-order chi connectivity index (χ0) is 9.42. The summed E-state index contributed by atoms with van der Waals surface area (Å²) >= 11 is 5.77. The van der Waals surface area contributed by atoms with Crippen molar-refractivity contribution >= 4 is 11.6 Å². The van der Waals surface area contributed by atoms with Crippen molar-refractivity contribution in [2.24, 2.45) is 5.73 Å². The van der Waals surface area contributed by atoms with Crippen LogP contribution in [-0.2, 0) is 6.42 Å². The van der Waals surface area contributed by atoms with Gasteiger partial charge in [0.25, 0.3) is 0 Å². The third kappa shape index (κ3) is 1.45. The maximum atomic E-state index is 13.3. The number of hydrogen-bond acceptors (Lipinski definition) is 1. The molecule has 0 aliphatic heterocycles. The van der Waals surface area contributed by atoms with Crippen LogP contribution in [0.2, 0.25) is 5.02 Å². The van der Waals surface area contributed by atoms with Crippen LogP contribution < -0.4 is 5.73 Å². The van der Waals surface area contributed by atoms with Gasteiger partial charge in [-0.25, -0.2) is 4.39 Å². The number of fused-ring (bicyclic) bond motifs is 1. The molecule has 0 bridgehead atoms. The molecule has 1 aromatic carbocycles. The lowest BCUT2D eigenvalue weighted by Gasteiger charge is -2.08. The van der Waals surface area contributed by atoms with E-state index >= 15 is 0 Å². The second-order valence-electron chi connectivity index (χ2n) is 3.43. The van der Waals surface area contributed by atoms with Crippen molar-refractivity contribution in [3.8, 4) is 0 Å². The molecular weight excluding hydrogens is 189 g/mol. The van der Waals surface area contributed by atoms with Gasteiger partial charge >= 0.3 is 0 Å². The Morgan fingerprint density at radius 1 is 1.54 bits per heavy atom. The van der Waals surface area contributed by atoms with E-state index in [2.05, 4.69) is 0 Å². The Labute approximate surface area is 81.7 Å². The minimum atomic E-state index is -0.182. The Morgan fingerprint density at radius 2 is 2.31 bits per heavy atom. The van der Waals surface area contributed by atoms with E-state index in [-0.39, 0.29) is 5.82 Å². The molecule has 0 amide bonds. The van der Waals surface area contributed by atoms with E-state index in [1.54, 1.807) is 0 Å². The van der Waals surface area contributed by atoms with Crippen molar-refractivity contribution in [2.45, 2.75) is 18.8 Å². The second kappa shape index (κ2) is 3.28. The van der Waals surface area contributed by atoms with Crippen LogP contribution in [0, 0.1) is 5.82 Å². The molecule has 2 N–H and O–H groups in total. The summed E-state index contributed by atoms with van der Waals surface area (Å²) in [6.45, 7) is 0.576. The highest BCUT2D eigenvalue weighted by Crippen LogP contribution is 2.35. The van der Waals surface area contributed by atoms with E-state index in [1.807, 2.05) is 6.07 Å². The topological polar surface area (TPSA) is 26.0 Å². The number of nitrogens with two attached hydrogens (primary N) is 1. The van der Waals surface area contributed by atoms with E-state index < -0.39 is 0 Å². The zero-order valence-electron chi connectivity index (χ0n) is 7.19. The van der Waals surface area contributed by atoms with Crippen LogP contribution in [0.15, 0.2) is 12.1 Å². The molecular formula is C10H11ClFN. The van der Waals surface area contributed by atoms with Crippen molar-refractivity contribution in [3.63, 3.8) is 0 Å². The van der Waals surface area contributed by atoms with Crippen molar-refractivity contribution in [1.29, 1.82) is 0 Å². The van der Waals surface area contributed by atoms with Gasteiger partial charge in [-0.2, -0.15) is 0 Å². The van der Waals surface area contributed by atoms with E-state index in [0.717, 1.165) is 24.0 Å². The Bertz CT molecular complexity index is 338. The van der Waals surface area contributed by atoms with Gasteiger partial charge in [0.1, 0.15) is 5.82 Å². The lowest BCUT2D eigenvalue weighted by molar-refractivity contribution is 0.612. The predicted octanol–water partition coefficient (Wildman–Crippen LogP) is 2.47. The molecule has 0 saturated carbocycles. The normalized spacial score (nSPS) is 20.4. The second-order valence-corrected chi connectivity index (χ2v) is 3.86. The fourth-order valence-electron chi connectivity index (χ4n) is 1.97. The quantitative estimate of drug-likeness (QED) is 0.739. The first-order valence-electron chi connectivity index (χ1n) is 4.40. The van der Waals surface area contributed by atoms with Crippen molar-refractivity contribution in [3.05, 3.63) is 34.1 Å². The van der Waals surface area contributed by atoms with Gasteiger partial charge in [-0.15, -0.1) is 0 Å². The van der Waals surface area contributed by atoms with Crippen LogP contribution in [0.3, 0.4) is 0 Å². The number of rotatable bonds is 1. The number of benzene rings is 1. The van der Waals surface area contributed by atoms with Gasteiger partial charge in [0.2, 0.25) is 0 Å². The molecule has 1 atom stereocenters. The molecule has 0 fully saturated rings. The van der Waals surface area contributed by atoms with Crippen molar-refractivity contribution in [1.82, 2.24) is 0 Å². The van der Waals surface area contributed by atoms with Crippen LogP contribution >= 0.6 is 11.6 Å². The van der Waals surface area contributed by atoms with Crippen molar-refractivity contribution in [2.75, 3.05) is 6.54 Å². The summed E-state index contributed by atoms with van der Waals surface area (Å²) in [4.78, 5) is 0. The lowest BCUT2D eigenvalue weighted by Crippen LogP contribution is -2.09. The molecule has 0 aromatic heterocycles. The molecule has 0 heterocycles. The smallest absolute Gasteiger partial charge is 0.128 e. The van der Waals surface area contributed by atoms with Gasteiger partial charge < -0.3 is 5.73 Å². The minimum Gasteiger partial charge on any atom is -0.330 e. The Hall–Kier alpha value is -0.600. The highest BCUT2D eigenvalue weighted by Gasteiger charge is 2.24. The molecule has 2 rings (SSSR count). The highest BCUT2D eigenvalue weighted by atomic mass is 35.5. The number of halogens is 2. The predicted molar refractivity (Wildman–Crippen MR) is 51.5 cm³/mol. The molecule has 13 heavy (non-hydrogen) atoms. The molecule has 1 aromatic rings. The van der Waals surface area contributed by atoms with Crippen LogP contribution in [-0.4, -0.2) is 6.54 Å². The van der Waals surface area contributed by atoms with Crippen LogP contribution in [0.1, 0.15) is 23.5 Å². The highest BCUT2D eigenvalue weighted by molar-refractivity contribution is 6.30. The first kappa shape index (κ1) is 8.97. The largest absolute Gasteiger partial charge is 0.330 e. The molecule has 1 unspecified atom stereocenters. The summed E-state index contributed by atoms with van der Waals surface area (Å²) in [5, 5.41) is 0.469. The molecule has 0 spiro atoms. The summed E-state index contributed by atoms with van der Waals surface area (Å²) in [6.07, 6.45) is 1.74. The van der Waals surface area contributed by atoms with E-state index in [9.17, 15) is 4.39 Å².